The number of aliphatic imine (C=N–C) groups is 2. The molecule has 0 saturated heterocycles. The lowest BCUT2D eigenvalue weighted by Crippen LogP contribution is -2.42. The first-order chi connectivity index (χ1) is 16.6. The fourth-order valence-electron chi connectivity index (χ4n) is 3.55. The van der Waals surface area contributed by atoms with Gasteiger partial charge in [0.25, 0.3) is 5.91 Å². The summed E-state index contributed by atoms with van der Waals surface area (Å²) in [7, 11) is 1.56. The normalized spacial score (nSPS) is 16.3. The lowest BCUT2D eigenvalue weighted by atomic mass is 10.1. The summed E-state index contributed by atoms with van der Waals surface area (Å²) in [5.41, 5.74) is 2.36. The van der Waals surface area contributed by atoms with E-state index in [4.69, 9.17) is 4.74 Å². The topological polar surface area (TPSA) is 112 Å². The van der Waals surface area contributed by atoms with Gasteiger partial charge in [0.2, 0.25) is 11.8 Å². The van der Waals surface area contributed by atoms with Gasteiger partial charge in [-0.1, -0.05) is 54.2 Å². The Morgan fingerprint density at radius 2 is 1.82 bits per heavy atom. The standard InChI is InChI=1S/C24H25N5O4S/c1-33-12-11-25-21(31)15-34-24-28-18-10-6-5-9-17(18)22-27-19(23(32)29(22)24)13-20(30)26-14-16-7-3-2-4-8-16/h2-10,19H,11-15H2,1H3,(H,25,31)(H,26,30)/t19-/m0/s1. The summed E-state index contributed by atoms with van der Waals surface area (Å²) in [5, 5.41) is 5.97. The number of nitrogens with zero attached hydrogens (tertiary/aromatic N) is 3. The van der Waals surface area contributed by atoms with Gasteiger partial charge in [0, 0.05) is 25.8 Å². The molecule has 2 aliphatic heterocycles. The highest BCUT2D eigenvalue weighted by Crippen LogP contribution is 2.33. The first-order valence-electron chi connectivity index (χ1n) is 10.9. The Labute approximate surface area is 201 Å². The van der Waals surface area contributed by atoms with E-state index < -0.39 is 6.04 Å². The van der Waals surface area contributed by atoms with Crippen molar-refractivity contribution in [3.63, 3.8) is 0 Å². The van der Waals surface area contributed by atoms with E-state index in [2.05, 4.69) is 20.6 Å². The second-order valence-corrected chi connectivity index (χ2v) is 8.59. The van der Waals surface area contributed by atoms with Crippen molar-refractivity contribution in [2.75, 3.05) is 26.0 Å². The van der Waals surface area contributed by atoms with E-state index in [1.165, 1.54) is 4.90 Å². The van der Waals surface area contributed by atoms with Crippen LogP contribution < -0.4 is 10.6 Å². The minimum absolute atomic E-state index is 0.0662. The summed E-state index contributed by atoms with van der Waals surface area (Å²) < 4.78 is 4.94. The smallest absolute Gasteiger partial charge is 0.259 e. The molecule has 2 N–H and O–H groups in total. The number of hydrogen-bond acceptors (Lipinski definition) is 7. The maximum absolute atomic E-state index is 13.2. The van der Waals surface area contributed by atoms with E-state index in [0.717, 1.165) is 22.9 Å². The fraction of sp³-hybridized carbons (Fsp3) is 0.292. The molecular formula is C24H25N5O4S. The van der Waals surface area contributed by atoms with Crippen LogP contribution in [0.5, 0.6) is 0 Å². The number of amides is 3. The fourth-order valence-corrected chi connectivity index (χ4v) is 4.38. The average Bonchev–Trinajstić information content (AvgIpc) is 3.18. The predicted octanol–water partition coefficient (Wildman–Crippen LogP) is 1.85. The second-order valence-electron chi connectivity index (χ2n) is 7.65. The Balaban J connectivity index is 1.45. The Morgan fingerprint density at radius 3 is 2.62 bits per heavy atom. The van der Waals surface area contributed by atoms with Crippen molar-refractivity contribution in [3.8, 4) is 0 Å². The van der Waals surface area contributed by atoms with Crippen LogP contribution in [-0.4, -0.2) is 65.7 Å². The van der Waals surface area contributed by atoms with Gasteiger partial charge < -0.3 is 15.4 Å². The molecule has 10 heteroatoms. The molecule has 1 atom stereocenters. The molecule has 176 valence electrons. The third-order valence-corrected chi connectivity index (χ3v) is 6.16. The number of ether oxygens (including phenoxy) is 1. The summed E-state index contributed by atoms with van der Waals surface area (Å²) in [5.74, 6) is -0.234. The molecule has 4 rings (SSSR count). The second kappa shape index (κ2) is 11.1. The van der Waals surface area contributed by atoms with Gasteiger partial charge in [-0.3, -0.25) is 19.4 Å². The minimum Gasteiger partial charge on any atom is -0.383 e. The van der Waals surface area contributed by atoms with Crippen LogP contribution in [-0.2, 0) is 25.7 Å². The maximum atomic E-state index is 13.2. The number of benzene rings is 2. The number of carbonyl (C=O) groups excluding carboxylic acids is 3. The Kier molecular flexibility index (Phi) is 7.71. The summed E-state index contributed by atoms with van der Waals surface area (Å²) in [4.78, 5) is 48.5. The highest BCUT2D eigenvalue weighted by molar-refractivity contribution is 8.14. The van der Waals surface area contributed by atoms with Gasteiger partial charge in [-0.2, -0.15) is 0 Å². The zero-order valence-corrected chi connectivity index (χ0v) is 19.5. The lowest BCUT2D eigenvalue weighted by Gasteiger charge is -2.25. The zero-order valence-electron chi connectivity index (χ0n) is 18.7. The number of amidine groups is 2. The third-order valence-electron chi connectivity index (χ3n) is 5.22. The van der Waals surface area contributed by atoms with Gasteiger partial charge in [-0.05, 0) is 17.7 Å². The van der Waals surface area contributed by atoms with E-state index in [1.54, 1.807) is 7.11 Å². The van der Waals surface area contributed by atoms with E-state index in [0.29, 0.717) is 36.4 Å². The molecule has 9 nitrogen and oxygen atoms in total. The predicted molar refractivity (Wildman–Crippen MR) is 131 cm³/mol. The minimum atomic E-state index is -0.849. The number of rotatable bonds is 9. The molecule has 2 heterocycles. The molecule has 0 spiro atoms. The van der Waals surface area contributed by atoms with Crippen molar-refractivity contribution in [2.45, 2.75) is 19.0 Å². The molecule has 34 heavy (non-hydrogen) atoms. The molecule has 2 aliphatic rings. The summed E-state index contributed by atoms with van der Waals surface area (Å²) >= 11 is 1.16. The van der Waals surface area contributed by atoms with Crippen LogP contribution in [0.3, 0.4) is 0 Å². The van der Waals surface area contributed by atoms with Crippen molar-refractivity contribution in [1.82, 2.24) is 15.5 Å². The maximum Gasteiger partial charge on any atom is 0.259 e. The molecular weight excluding hydrogens is 454 g/mol. The summed E-state index contributed by atoms with van der Waals surface area (Å²) in [6.45, 7) is 1.20. The SMILES string of the molecule is COCCNC(=O)CSC1=Nc2ccccc2C2=N[C@@H](CC(=O)NCc3ccccc3)C(=O)N12. The number of carbonyl (C=O) groups is 3. The zero-order chi connectivity index (χ0) is 23.9. The van der Waals surface area contributed by atoms with Crippen molar-refractivity contribution < 1.29 is 19.1 Å². The molecule has 0 unspecified atom stereocenters. The van der Waals surface area contributed by atoms with Crippen LogP contribution in [0.2, 0.25) is 0 Å². The number of fused-ring (bicyclic) bond motifs is 3. The molecule has 0 radical (unpaired) electrons. The Hall–Kier alpha value is -3.50. The van der Waals surface area contributed by atoms with E-state index in [9.17, 15) is 14.4 Å². The molecule has 2 aromatic rings. The molecule has 2 aromatic carbocycles. The van der Waals surface area contributed by atoms with Gasteiger partial charge in [0.05, 0.1) is 24.5 Å². The van der Waals surface area contributed by atoms with Crippen LogP contribution in [0.25, 0.3) is 0 Å². The molecule has 0 fully saturated rings. The highest BCUT2D eigenvalue weighted by Gasteiger charge is 2.42. The molecule has 3 amide bonds. The monoisotopic (exact) mass is 479 g/mol. The average molecular weight is 480 g/mol. The van der Waals surface area contributed by atoms with E-state index >= 15 is 0 Å². The van der Waals surface area contributed by atoms with Crippen molar-refractivity contribution >= 4 is 46.2 Å². The van der Waals surface area contributed by atoms with Gasteiger partial charge in [0.1, 0.15) is 11.9 Å². The first kappa shape index (κ1) is 23.7. The molecule has 0 bridgehead atoms. The van der Waals surface area contributed by atoms with Crippen LogP contribution in [0.15, 0.2) is 64.6 Å². The van der Waals surface area contributed by atoms with Crippen LogP contribution in [0.1, 0.15) is 17.5 Å². The van der Waals surface area contributed by atoms with Crippen molar-refractivity contribution in [1.29, 1.82) is 0 Å². The number of hydrogen-bond donors (Lipinski definition) is 2. The first-order valence-corrected chi connectivity index (χ1v) is 11.8. The van der Waals surface area contributed by atoms with Crippen LogP contribution in [0.4, 0.5) is 5.69 Å². The van der Waals surface area contributed by atoms with E-state index in [-0.39, 0.29) is 29.9 Å². The van der Waals surface area contributed by atoms with Crippen molar-refractivity contribution in [3.05, 3.63) is 65.7 Å². The van der Waals surface area contributed by atoms with Gasteiger partial charge >= 0.3 is 0 Å². The van der Waals surface area contributed by atoms with Gasteiger partial charge in [-0.15, -0.1) is 0 Å². The van der Waals surface area contributed by atoms with Gasteiger partial charge in [-0.25, -0.2) is 9.89 Å². The number of thioether (sulfide) groups is 1. The quantitative estimate of drug-likeness (QED) is 0.533. The number of methoxy groups -OCH3 is 1. The number of para-hydroxylation sites is 1. The number of nitrogens with one attached hydrogen (secondary N) is 2. The van der Waals surface area contributed by atoms with Crippen LogP contribution >= 0.6 is 11.8 Å². The molecule has 0 saturated carbocycles. The Bertz CT molecular complexity index is 1140. The molecule has 0 aliphatic carbocycles. The lowest BCUT2D eigenvalue weighted by molar-refractivity contribution is -0.128. The van der Waals surface area contributed by atoms with Crippen molar-refractivity contribution in [2.24, 2.45) is 9.98 Å². The largest absolute Gasteiger partial charge is 0.383 e. The van der Waals surface area contributed by atoms with E-state index in [1.807, 2.05) is 54.6 Å². The van der Waals surface area contributed by atoms with Gasteiger partial charge in [0.15, 0.2) is 5.17 Å². The molecule has 0 aromatic heterocycles. The highest BCUT2D eigenvalue weighted by atomic mass is 32.2. The Morgan fingerprint density at radius 1 is 1.06 bits per heavy atom. The van der Waals surface area contributed by atoms with Crippen LogP contribution in [0, 0.1) is 0 Å². The third kappa shape index (κ3) is 5.52. The summed E-state index contributed by atoms with van der Waals surface area (Å²) in [6.07, 6.45) is -0.0662. The summed E-state index contributed by atoms with van der Waals surface area (Å²) in [6, 6.07) is 16.1.